The highest BCUT2D eigenvalue weighted by molar-refractivity contribution is 7.99. The zero-order chi connectivity index (χ0) is 15.0. The second-order valence-electron chi connectivity index (χ2n) is 7.62. The van der Waals surface area contributed by atoms with E-state index in [9.17, 15) is 4.79 Å². The average molecular weight is 315 g/mol. The Morgan fingerprint density at radius 3 is 2.23 bits per heavy atom. The van der Waals surface area contributed by atoms with Gasteiger partial charge in [0, 0.05) is 22.6 Å². The number of thioether (sulfide) groups is 1. The largest absolute Gasteiger partial charge is 0.355 e. The van der Waals surface area contributed by atoms with Crippen LogP contribution in [-0.4, -0.2) is 18.2 Å². The number of hydrogen-bond donors (Lipinski definition) is 1. The van der Waals surface area contributed by atoms with Gasteiger partial charge in [-0.2, -0.15) is 0 Å². The number of hydrogen-bond acceptors (Lipinski definition) is 2. The van der Waals surface area contributed by atoms with Crippen molar-refractivity contribution in [1.29, 1.82) is 0 Å². The number of benzene rings is 1. The first-order chi connectivity index (χ1) is 10.7. The Balaban J connectivity index is 1.29. The van der Waals surface area contributed by atoms with Crippen molar-refractivity contribution in [2.75, 3.05) is 12.3 Å². The first-order valence-corrected chi connectivity index (χ1v) is 9.68. The summed E-state index contributed by atoms with van der Waals surface area (Å²) in [5.74, 6) is 3.85. The van der Waals surface area contributed by atoms with Crippen LogP contribution in [0.25, 0.3) is 0 Å². The quantitative estimate of drug-likeness (QED) is 0.654. The first-order valence-electron chi connectivity index (χ1n) is 8.70. The Bertz CT molecular complexity index is 506. The van der Waals surface area contributed by atoms with Crippen molar-refractivity contribution in [1.82, 2.24) is 5.32 Å². The van der Waals surface area contributed by atoms with E-state index in [1.54, 1.807) is 0 Å². The van der Waals surface area contributed by atoms with Gasteiger partial charge in [-0.25, -0.2) is 0 Å². The van der Waals surface area contributed by atoms with E-state index in [2.05, 4.69) is 29.6 Å². The fourth-order valence-electron chi connectivity index (χ4n) is 5.43. The SMILES string of the molecule is O=C(NCCSc1ccccc1)C12CC3CC(CC(C3)C1)C2. The molecule has 0 atom stereocenters. The van der Waals surface area contributed by atoms with E-state index in [1.807, 2.05) is 17.8 Å². The fourth-order valence-corrected chi connectivity index (χ4v) is 6.22. The summed E-state index contributed by atoms with van der Waals surface area (Å²) in [4.78, 5) is 14.1. The maximum absolute atomic E-state index is 12.8. The Labute approximate surface area is 137 Å². The molecule has 0 aromatic heterocycles. The van der Waals surface area contributed by atoms with Gasteiger partial charge in [0.15, 0.2) is 0 Å². The van der Waals surface area contributed by atoms with Crippen molar-refractivity contribution in [2.24, 2.45) is 23.2 Å². The molecule has 1 N–H and O–H groups in total. The second-order valence-corrected chi connectivity index (χ2v) is 8.78. The molecule has 4 bridgehead atoms. The van der Waals surface area contributed by atoms with E-state index in [-0.39, 0.29) is 5.41 Å². The maximum Gasteiger partial charge on any atom is 0.226 e. The van der Waals surface area contributed by atoms with Gasteiger partial charge in [0.25, 0.3) is 0 Å². The Hall–Kier alpha value is -0.960. The van der Waals surface area contributed by atoms with Crippen LogP contribution in [-0.2, 0) is 4.79 Å². The van der Waals surface area contributed by atoms with Crippen LogP contribution >= 0.6 is 11.8 Å². The van der Waals surface area contributed by atoms with Crippen molar-refractivity contribution in [3.63, 3.8) is 0 Å². The van der Waals surface area contributed by atoms with Crippen LogP contribution in [0.3, 0.4) is 0 Å². The Morgan fingerprint density at radius 1 is 1.05 bits per heavy atom. The van der Waals surface area contributed by atoms with Crippen LogP contribution in [0.4, 0.5) is 0 Å². The molecule has 2 nitrogen and oxygen atoms in total. The molecule has 1 amide bonds. The molecule has 0 radical (unpaired) electrons. The number of carbonyl (C=O) groups is 1. The van der Waals surface area contributed by atoms with Crippen molar-refractivity contribution in [2.45, 2.75) is 43.4 Å². The van der Waals surface area contributed by atoms with Crippen LogP contribution < -0.4 is 5.32 Å². The number of amides is 1. The van der Waals surface area contributed by atoms with Gasteiger partial charge in [0.05, 0.1) is 0 Å². The minimum atomic E-state index is 0.00611. The molecule has 4 aliphatic rings. The first kappa shape index (κ1) is 14.6. The molecule has 0 unspecified atom stereocenters. The number of nitrogens with one attached hydrogen (secondary N) is 1. The molecular weight excluding hydrogens is 290 g/mol. The van der Waals surface area contributed by atoms with E-state index in [4.69, 9.17) is 0 Å². The van der Waals surface area contributed by atoms with Crippen molar-refractivity contribution < 1.29 is 4.79 Å². The highest BCUT2D eigenvalue weighted by atomic mass is 32.2. The highest BCUT2D eigenvalue weighted by Gasteiger charge is 2.54. The minimum absolute atomic E-state index is 0.00611. The lowest BCUT2D eigenvalue weighted by Crippen LogP contribution is -2.53. The molecule has 0 spiro atoms. The molecule has 5 rings (SSSR count). The smallest absolute Gasteiger partial charge is 0.226 e. The molecule has 0 saturated heterocycles. The van der Waals surface area contributed by atoms with Gasteiger partial charge in [-0.05, 0) is 68.4 Å². The van der Waals surface area contributed by atoms with Crippen LogP contribution in [0.5, 0.6) is 0 Å². The fraction of sp³-hybridized carbons (Fsp3) is 0.632. The third kappa shape index (κ3) is 2.80. The van der Waals surface area contributed by atoms with E-state index in [0.29, 0.717) is 5.91 Å². The summed E-state index contributed by atoms with van der Waals surface area (Å²) in [5.41, 5.74) is 0.00611. The molecule has 3 heteroatoms. The lowest BCUT2D eigenvalue weighted by Gasteiger charge is -2.55. The zero-order valence-electron chi connectivity index (χ0n) is 13.1. The normalized spacial score (nSPS) is 35.5. The summed E-state index contributed by atoms with van der Waals surface area (Å²) in [6.45, 7) is 0.792. The molecule has 4 saturated carbocycles. The third-order valence-electron chi connectivity index (χ3n) is 5.92. The maximum atomic E-state index is 12.8. The Morgan fingerprint density at radius 2 is 1.64 bits per heavy atom. The molecule has 22 heavy (non-hydrogen) atoms. The van der Waals surface area contributed by atoms with Crippen LogP contribution in [0.1, 0.15) is 38.5 Å². The summed E-state index contributed by atoms with van der Waals surface area (Å²) < 4.78 is 0. The summed E-state index contributed by atoms with van der Waals surface area (Å²) in [6.07, 6.45) is 7.69. The lowest BCUT2D eigenvalue weighted by molar-refractivity contribution is -0.146. The van der Waals surface area contributed by atoms with E-state index >= 15 is 0 Å². The van der Waals surface area contributed by atoms with Gasteiger partial charge in [0.2, 0.25) is 5.91 Å². The molecule has 118 valence electrons. The Kier molecular flexibility index (Phi) is 3.93. The molecule has 1 aromatic rings. The summed E-state index contributed by atoms with van der Waals surface area (Å²) >= 11 is 1.82. The monoisotopic (exact) mass is 315 g/mol. The van der Waals surface area contributed by atoms with E-state index < -0.39 is 0 Å². The summed E-state index contributed by atoms with van der Waals surface area (Å²) in [5, 5.41) is 3.25. The molecule has 4 aliphatic carbocycles. The highest BCUT2D eigenvalue weighted by Crippen LogP contribution is 2.60. The zero-order valence-corrected chi connectivity index (χ0v) is 13.9. The summed E-state index contributed by atoms with van der Waals surface area (Å²) in [6, 6.07) is 10.4. The third-order valence-corrected chi connectivity index (χ3v) is 6.93. The van der Waals surface area contributed by atoms with Gasteiger partial charge in [-0.1, -0.05) is 18.2 Å². The van der Waals surface area contributed by atoms with Gasteiger partial charge in [0.1, 0.15) is 0 Å². The summed E-state index contributed by atoms with van der Waals surface area (Å²) in [7, 11) is 0. The topological polar surface area (TPSA) is 29.1 Å². The molecule has 1 aromatic carbocycles. The van der Waals surface area contributed by atoms with E-state index in [0.717, 1.165) is 49.3 Å². The van der Waals surface area contributed by atoms with Crippen molar-refractivity contribution >= 4 is 17.7 Å². The van der Waals surface area contributed by atoms with Crippen molar-refractivity contribution in [3.05, 3.63) is 30.3 Å². The van der Waals surface area contributed by atoms with Gasteiger partial charge >= 0.3 is 0 Å². The van der Waals surface area contributed by atoms with Crippen LogP contribution in [0.2, 0.25) is 0 Å². The minimum Gasteiger partial charge on any atom is -0.355 e. The predicted octanol–water partition coefficient (Wildman–Crippen LogP) is 4.11. The van der Waals surface area contributed by atoms with Gasteiger partial charge in [-0.15, -0.1) is 11.8 Å². The number of carbonyl (C=O) groups excluding carboxylic acids is 1. The van der Waals surface area contributed by atoms with Crippen LogP contribution in [0.15, 0.2) is 35.2 Å². The number of rotatable bonds is 5. The van der Waals surface area contributed by atoms with Crippen molar-refractivity contribution in [3.8, 4) is 0 Å². The molecule has 0 heterocycles. The molecular formula is C19H25NOS. The lowest BCUT2D eigenvalue weighted by atomic mass is 9.49. The second kappa shape index (κ2) is 5.92. The predicted molar refractivity (Wildman–Crippen MR) is 90.8 cm³/mol. The standard InChI is InChI=1S/C19H25NOS/c21-18(20-6-7-22-17-4-2-1-3-5-17)19-11-14-8-15(12-19)10-16(9-14)13-19/h1-5,14-16H,6-13H2,(H,20,21). The molecule has 0 aliphatic heterocycles. The van der Waals surface area contributed by atoms with Gasteiger partial charge < -0.3 is 5.32 Å². The van der Waals surface area contributed by atoms with Crippen LogP contribution in [0, 0.1) is 23.2 Å². The van der Waals surface area contributed by atoms with Gasteiger partial charge in [-0.3, -0.25) is 4.79 Å². The molecule has 4 fully saturated rings. The average Bonchev–Trinajstić information content (AvgIpc) is 2.51. The van der Waals surface area contributed by atoms with E-state index in [1.165, 1.54) is 24.2 Å².